The van der Waals surface area contributed by atoms with Crippen molar-refractivity contribution in [1.29, 1.82) is 5.26 Å². The van der Waals surface area contributed by atoms with Crippen molar-refractivity contribution in [3.05, 3.63) is 46.9 Å². The normalized spacial score (nSPS) is 14.9. The predicted molar refractivity (Wildman–Crippen MR) is 144 cm³/mol. The number of halogens is 4. The molecule has 14 heteroatoms. The molecule has 2 heterocycles. The van der Waals surface area contributed by atoms with Gasteiger partial charge in [-0.25, -0.2) is 9.37 Å². The zero-order valence-electron chi connectivity index (χ0n) is 22.6. The van der Waals surface area contributed by atoms with Gasteiger partial charge >= 0.3 is 6.18 Å². The van der Waals surface area contributed by atoms with Crippen LogP contribution in [0.15, 0.2) is 24.4 Å². The molecule has 1 aromatic heterocycles. The van der Waals surface area contributed by atoms with Gasteiger partial charge in [-0.2, -0.15) is 18.4 Å². The van der Waals surface area contributed by atoms with Crippen LogP contribution in [0.3, 0.4) is 0 Å². The molecule has 0 unspecified atom stereocenters. The first-order chi connectivity index (χ1) is 19.4. The summed E-state index contributed by atoms with van der Waals surface area (Å²) in [6.07, 6.45) is -1.67. The number of benzene rings is 1. The van der Waals surface area contributed by atoms with Crippen LogP contribution in [0.1, 0.15) is 43.4 Å². The fourth-order valence-electron chi connectivity index (χ4n) is 4.19. The number of alkyl halides is 3. The van der Waals surface area contributed by atoms with Gasteiger partial charge in [0.2, 0.25) is 5.88 Å². The number of anilines is 2. The number of nitriles is 1. The molecule has 1 aliphatic heterocycles. The number of carbonyl (C=O) groups is 2. The lowest BCUT2D eigenvalue weighted by Gasteiger charge is -2.30. The third-order valence-electron chi connectivity index (χ3n) is 6.22. The van der Waals surface area contributed by atoms with Crippen molar-refractivity contribution in [2.24, 2.45) is 0 Å². The Hall–Kier alpha value is -3.67. The average Bonchev–Trinajstić information content (AvgIpc) is 3.07. The van der Waals surface area contributed by atoms with E-state index in [9.17, 15) is 22.8 Å². The molecule has 2 aromatic rings. The number of thiocarbonyl (C=S) groups is 1. The lowest BCUT2D eigenvalue weighted by molar-refractivity contribution is -0.140. The lowest BCUT2D eigenvalue weighted by atomic mass is 10.0. The highest BCUT2D eigenvalue weighted by Crippen LogP contribution is 2.42. The number of pyridine rings is 1. The molecule has 3 rings (SSSR count). The molecule has 9 nitrogen and oxygen atoms in total. The number of aldehydes is 1. The van der Waals surface area contributed by atoms with Crippen LogP contribution in [0.4, 0.5) is 28.9 Å². The number of carbonyl (C=O) groups excluding carboxylic acids is 2. The maximum atomic E-state index is 15.2. The summed E-state index contributed by atoms with van der Waals surface area (Å²) in [7, 11) is 0. The number of amides is 1. The van der Waals surface area contributed by atoms with Gasteiger partial charge in [-0.1, -0.05) is 0 Å². The number of nitrogens with zero attached hydrogens (tertiary/aromatic N) is 4. The van der Waals surface area contributed by atoms with E-state index in [1.165, 1.54) is 31.0 Å². The summed E-state index contributed by atoms with van der Waals surface area (Å²) in [5, 5.41) is 8.82. The van der Waals surface area contributed by atoms with Gasteiger partial charge in [0.05, 0.1) is 49.0 Å². The van der Waals surface area contributed by atoms with Gasteiger partial charge < -0.3 is 23.9 Å². The van der Waals surface area contributed by atoms with Crippen molar-refractivity contribution in [3.8, 4) is 11.9 Å². The van der Waals surface area contributed by atoms with Gasteiger partial charge in [-0.05, 0) is 63.5 Å². The second kappa shape index (κ2) is 13.3. The van der Waals surface area contributed by atoms with Crippen molar-refractivity contribution >= 4 is 40.9 Å². The van der Waals surface area contributed by atoms with Crippen LogP contribution >= 0.6 is 12.2 Å². The molecule has 0 bridgehead atoms. The molecular formula is C27H28F4N4O5S. The van der Waals surface area contributed by atoms with Crippen molar-refractivity contribution in [2.45, 2.75) is 45.3 Å². The number of rotatable bonds is 13. The first-order valence-corrected chi connectivity index (χ1v) is 12.9. The van der Waals surface area contributed by atoms with E-state index >= 15 is 4.39 Å². The molecule has 220 valence electrons. The SMILES string of the molecule is Cc1cc(OCCCCOCCOCC=O)ncc1N1C(=S)N(c2ccc(C#N)c(C(F)(F)F)c2F)C(=O)C1(C)C. The fraction of sp³-hybridized carbons (Fsp3) is 0.444. The molecule has 1 amide bonds. The Morgan fingerprint density at radius 3 is 2.44 bits per heavy atom. The number of ether oxygens (including phenoxy) is 3. The Morgan fingerprint density at radius 1 is 1.12 bits per heavy atom. The summed E-state index contributed by atoms with van der Waals surface area (Å²) in [5.74, 6) is -2.20. The van der Waals surface area contributed by atoms with E-state index in [0.717, 1.165) is 18.6 Å². The van der Waals surface area contributed by atoms with E-state index in [0.29, 0.717) is 61.2 Å². The van der Waals surface area contributed by atoms with Crippen LogP contribution in [-0.4, -0.2) is 60.9 Å². The number of unbranched alkanes of at least 4 members (excludes halogenated alkanes) is 1. The number of aromatic nitrogens is 1. The molecule has 41 heavy (non-hydrogen) atoms. The van der Waals surface area contributed by atoms with Gasteiger partial charge in [-0.3, -0.25) is 9.69 Å². The van der Waals surface area contributed by atoms with E-state index in [-0.39, 0.29) is 11.7 Å². The summed E-state index contributed by atoms with van der Waals surface area (Å²) in [5.41, 5.74) is -3.78. The first kappa shape index (κ1) is 31.9. The summed E-state index contributed by atoms with van der Waals surface area (Å²) < 4.78 is 72.0. The van der Waals surface area contributed by atoms with E-state index in [2.05, 4.69) is 4.98 Å². The van der Waals surface area contributed by atoms with Crippen molar-refractivity contribution in [3.63, 3.8) is 0 Å². The molecule has 0 radical (unpaired) electrons. The number of aryl methyl sites for hydroxylation is 1. The highest BCUT2D eigenvalue weighted by molar-refractivity contribution is 7.81. The van der Waals surface area contributed by atoms with E-state index in [1.54, 1.807) is 13.0 Å². The Kier molecular flexibility index (Phi) is 10.4. The molecular weight excluding hydrogens is 568 g/mol. The highest BCUT2D eigenvalue weighted by Gasteiger charge is 2.52. The minimum atomic E-state index is -5.17. The summed E-state index contributed by atoms with van der Waals surface area (Å²) in [6.45, 7) is 6.35. The predicted octanol–water partition coefficient (Wildman–Crippen LogP) is 4.73. The zero-order valence-corrected chi connectivity index (χ0v) is 23.4. The van der Waals surface area contributed by atoms with E-state index < -0.39 is 40.3 Å². The average molecular weight is 597 g/mol. The topological polar surface area (TPSA) is 105 Å². The largest absolute Gasteiger partial charge is 0.478 e. The Morgan fingerprint density at radius 2 is 1.80 bits per heavy atom. The maximum absolute atomic E-state index is 15.2. The Balaban J connectivity index is 1.73. The van der Waals surface area contributed by atoms with E-state index in [1.807, 2.05) is 0 Å². The minimum Gasteiger partial charge on any atom is -0.478 e. The van der Waals surface area contributed by atoms with Gasteiger partial charge in [0, 0.05) is 12.7 Å². The molecule has 1 saturated heterocycles. The molecule has 0 atom stereocenters. The minimum absolute atomic E-state index is 0.0382. The molecule has 0 saturated carbocycles. The van der Waals surface area contributed by atoms with Crippen LogP contribution in [-0.2, 0) is 25.2 Å². The van der Waals surface area contributed by atoms with Crippen LogP contribution in [0.2, 0.25) is 0 Å². The van der Waals surface area contributed by atoms with E-state index in [4.69, 9.17) is 31.7 Å². The molecule has 0 aliphatic carbocycles. The monoisotopic (exact) mass is 596 g/mol. The Bertz CT molecular complexity index is 1350. The summed E-state index contributed by atoms with van der Waals surface area (Å²) in [6, 6.07) is 4.71. The number of hydrogen-bond donors (Lipinski definition) is 0. The molecule has 1 fully saturated rings. The molecule has 0 spiro atoms. The van der Waals surface area contributed by atoms with Crippen molar-refractivity contribution in [1.82, 2.24) is 4.98 Å². The first-order valence-electron chi connectivity index (χ1n) is 12.5. The van der Waals surface area contributed by atoms with Crippen LogP contribution < -0.4 is 14.5 Å². The van der Waals surface area contributed by atoms with Crippen molar-refractivity contribution < 1.29 is 41.4 Å². The lowest BCUT2D eigenvalue weighted by Crippen LogP contribution is -2.44. The fourth-order valence-corrected chi connectivity index (χ4v) is 4.70. The highest BCUT2D eigenvalue weighted by atomic mass is 32.1. The van der Waals surface area contributed by atoms with Gasteiger partial charge in [0.25, 0.3) is 5.91 Å². The summed E-state index contributed by atoms with van der Waals surface area (Å²) >= 11 is 5.48. The number of hydrogen-bond acceptors (Lipinski definition) is 8. The smallest absolute Gasteiger partial charge is 0.420 e. The second-order valence-electron chi connectivity index (χ2n) is 9.47. The van der Waals surface area contributed by atoms with Gasteiger partial charge in [0.1, 0.15) is 24.0 Å². The maximum Gasteiger partial charge on any atom is 0.420 e. The molecule has 0 N–H and O–H groups in total. The third-order valence-corrected chi connectivity index (χ3v) is 6.59. The van der Waals surface area contributed by atoms with Crippen LogP contribution in [0, 0.1) is 24.1 Å². The molecule has 1 aliphatic rings. The van der Waals surface area contributed by atoms with Gasteiger partial charge in [0.15, 0.2) is 10.9 Å². The van der Waals surface area contributed by atoms with Crippen LogP contribution in [0.25, 0.3) is 0 Å². The summed E-state index contributed by atoms with van der Waals surface area (Å²) in [4.78, 5) is 29.9. The quantitative estimate of drug-likeness (QED) is 0.141. The standard InChI is InChI=1S/C27H28F4N4O5S/c1-17-14-21(40-10-5-4-9-38-12-13-39-11-8-36)33-16-20(17)35-25(41)34(24(37)26(35,2)3)19-7-6-18(15-32)22(23(19)28)27(29,30)31/h6-8,14,16H,4-5,9-13H2,1-3H3. The van der Waals surface area contributed by atoms with Crippen LogP contribution in [0.5, 0.6) is 5.88 Å². The van der Waals surface area contributed by atoms with Gasteiger partial charge in [-0.15, -0.1) is 0 Å². The van der Waals surface area contributed by atoms with Crippen molar-refractivity contribution in [2.75, 3.05) is 42.8 Å². The third kappa shape index (κ3) is 6.98. The second-order valence-corrected chi connectivity index (χ2v) is 9.83. The molecule has 1 aromatic carbocycles. The zero-order chi connectivity index (χ0) is 30.4. The Labute approximate surface area is 239 Å².